The van der Waals surface area contributed by atoms with Crippen molar-refractivity contribution >= 4 is 0 Å². The number of ether oxygens (including phenoxy) is 3. The summed E-state index contributed by atoms with van der Waals surface area (Å²) in [5, 5.41) is 0. The van der Waals surface area contributed by atoms with Gasteiger partial charge in [0.25, 0.3) is 0 Å². The van der Waals surface area contributed by atoms with Gasteiger partial charge in [-0.3, -0.25) is 0 Å². The first-order valence-electron chi connectivity index (χ1n) is 8.90. The number of hydrogen-bond acceptors (Lipinski definition) is 3. The van der Waals surface area contributed by atoms with Crippen molar-refractivity contribution in [2.45, 2.75) is 60.2 Å². The Hall–Kier alpha value is -1.22. The van der Waals surface area contributed by atoms with Crippen molar-refractivity contribution in [1.82, 2.24) is 0 Å². The Balaban J connectivity index is 2.06. The van der Waals surface area contributed by atoms with Crippen molar-refractivity contribution < 1.29 is 14.2 Å². The van der Waals surface area contributed by atoms with Crippen LogP contribution in [0.15, 0.2) is 18.2 Å². The normalized spacial score (nSPS) is 21.6. The van der Waals surface area contributed by atoms with Crippen LogP contribution in [-0.4, -0.2) is 25.4 Å². The highest BCUT2D eigenvalue weighted by atomic mass is 16.6. The molecule has 0 saturated carbocycles. The predicted octanol–water partition coefficient (Wildman–Crippen LogP) is 4.72. The second-order valence-electron chi connectivity index (χ2n) is 7.68. The van der Waals surface area contributed by atoms with Crippen LogP contribution in [0, 0.1) is 17.8 Å². The zero-order chi connectivity index (χ0) is 17.0. The summed E-state index contributed by atoms with van der Waals surface area (Å²) in [6.45, 7) is 14.4. The molecular formula is C20H32O3. The number of benzene rings is 1. The predicted molar refractivity (Wildman–Crippen MR) is 94.3 cm³/mol. The van der Waals surface area contributed by atoms with E-state index in [0.29, 0.717) is 43.2 Å². The molecule has 1 aromatic rings. The van der Waals surface area contributed by atoms with E-state index < -0.39 is 0 Å². The molecule has 3 unspecified atom stereocenters. The lowest BCUT2D eigenvalue weighted by molar-refractivity contribution is 0.229. The van der Waals surface area contributed by atoms with E-state index in [-0.39, 0.29) is 0 Å². The fourth-order valence-corrected chi connectivity index (χ4v) is 2.71. The van der Waals surface area contributed by atoms with E-state index in [1.165, 1.54) is 5.56 Å². The number of hydrogen-bond donors (Lipinski definition) is 0. The minimum atomic E-state index is 0.409. The molecule has 2 rings (SSSR count). The highest BCUT2D eigenvalue weighted by Crippen LogP contribution is 2.34. The molecule has 1 saturated heterocycles. The van der Waals surface area contributed by atoms with Gasteiger partial charge in [-0.15, -0.1) is 0 Å². The number of rotatable bonds is 9. The van der Waals surface area contributed by atoms with Gasteiger partial charge in [0.2, 0.25) is 0 Å². The van der Waals surface area contributed by atoms with Gasteiger partial charge in [-0.05, 0) is 48.8 Å². The van der Waals surface area contributed by atoms with Crippen molar-refractivity contribution in [3.8, 4) is 11.5 Å². The van der Waals surface area contributed by atoms with Crippen LogP contribution in [-0.2, 0) is 11.2 Å². The third-order valence-corrected chi connectivity index (χ3v) is 4.03. The topological polar surface area (TPSA) is 31.0 Å². The van der Waals surface area contributed by atoms with E-state index >= 15 is 0 Å². The van der Waals surface area contributed by atoms with E-state index in [1.807, 2.05) is 0 Å². The molecule has 0 spiro atoms. The minimum Gasteiger partial charge on any atom is -0.489 e. The standard InChI is InChI=1S/C20H32O3/c1-13(2)11-21-18-8-7-17(9-15(5)20-16(6)23-20)10-19(18)22-12-14(3)4/h7-8,10,13-16,20H,9,11-12H2,1-6H3. The SMILES string of the molecule is CC(C)COc1ccc(CC(C)C2OC2C)cc1OCC(C)C. The lowest BCUT2D eigenvalue weighted by Crippen LogP contribution is -2.11. The van der Waals surface area contributed by atoms with Crippen LogP contribution in [0.2, 0.25) is 0 Å². The van der Waals surface area contributed by atoms with Crippen LogP contribution in [0.3, 0.4) is 0 Å². The summed E-state index contributed by atoms with van der Waals surface area (Å²) in [4.78, 5) is 0. The molecule has 3 nitrogen and oxygen atoms in total. The van der Waals surface area contributed by atoms with Gasteiger partial charge in [0.15, 0.2) is 11.5 Å². The highest BCUT2D eigenvalue weighted by molar-refractivity contribution is 5.43. The quantitative estimate of drug-likeness (QED) is 0.617. The van der Waals surface area contributed by atoms with Gasteiger partial charge in [-0.2, -0.15) is 0 Å². The maximum absolute atomic E-state index is 5.99. The Kier molecular flexibility index (Phi) is 6.34. The fourth-order valence-electron chi connectivity index (χ4n) is 2.71. The highest BCUT2D eigenvalue weighted by Gasteiger charge is 2.38. The van der Waals surface area contributed by atoms with Crippen LogP contribution in [0.25, 0.3) is 0 Å². The summed E-state index contributed by atoms with van der Waals surface area (Å²) >= 11 is 0. The van der Waals surface area contributed by atoms with Crippen molar-refractivity contribution in [2.75, 3.05) is 13.2 Å². The van der Waals surface area contributed by atoms with E-state index in [1.54, 1.807) is 0 Å². The first kappa shape index (κ1) is 18.1. The summed E-state index contributed by atoms with van der Waals surface area (Å²) in [7, 11) is 0. The second kappa shape index (κ2) is 8.05. The van der Waals surface area contributed by atoms with Crippen LogP contribution in [0.4, 0.5) is 0 Å². The average Bonchev–Trinajstić information content (AvgIpc) is 3.21. The van der Waals surface area contributed by atoms with Crippen molar-refractivity contribution in [3.05, 3.63) is 23.8 Å². The summed E-state index contributed by atoms with van der Waals surface area (Å²) in [6, 6.07) is 6.35. The van der Waals surface area contributed by atoms with Crippen molar-refractivity contribution in [2.24, 2.45) is 17.8 Å². The van der Waals surface area contributed by atoms with Crippen LogP contribution < -0.4 is 9.47 Å². The Morgan fingerprint density at radius 1 is 0.957 bits per heavy atom. The number of epoxide rings is 1. The Bertz CT molecular complexity index is 496. The molecule has 23 heavy (non-hydrogen) atoms. The maximum Gasteiger partial charge on any atom is 0.161 e. The van der Waals surface area contributed by atoms with E-state index in [0.717, 1.165) is 17.9 Å². The molecule has 0 aromatic heterocycles. The molecule has 0 radical (unpaired) electrons. The van der Waals surface area contributed by atoms with Crippen LogP contribution in [0.1, 0.15) is 47.1 Å². The molecule has 1 heterocycles. The molecule has 1 aromatic carbocycles. The third kappa shape index (κ3) is 5.72. The van der Waals surface area contributed by atoms with Crippen molar-refractivity contribution in [1.29, 1.82) is 0 Å². The molecule has 0 N–H and O–H groups in total. The Labute approximate surface area is 141 Å². The van der Waals surface area contributed by atoms with Gasteiger partial charge in [0, 0.05) is 0 Å². The van der Waals surface area contributed by atoms with Gasteiger partial charge >= 0.3 is 0 Å². The van der Waals surface area contributed by atoms with Gasteiger partial charge < -0.3 is 14.2 Å². The lowest BCUT2D eigenvalue weighted by Gasteiger charge is -2.17. The summed E-state index contributed by atoms with van der Waals surface area (Å²) in [5.74, 6) is 3.25. The van der Waals surface area contributed by atoms with Crippen LogP contribution in [0.5, 0.6) is 11.5 Å². The summed E-state index contributed by atoms with van der Waals surface area (Å²) < 4.78 is 17.5. The van der Waals surface area contributed by atoms with Gasteiger partial charge in [0.05, 0.1) is 25.4 Å². The summed E-state index contributed by atoms with van der Waals surface area (Å²) in [5.41, 5.74) is 1.29. The first-order chi connectivity index (χ1) is 10.9. The van der Waals surface area contributed by atoms with Gasteiger partial charge in [-0.25, -0.2) is 0 Å². The molecule has 1 aliphatic rings. The van der Waals surface area contributed by atoms with E-state index in [9.17, 15) is 0 Å². The molecule has 0 bridgehead atoms. The third-order valence-electron chi connectivity index (χ3n) is 4.03. The van der Waals surface area contributed by atoms with Gasteiger partial charge in [0.1, 0.15) is 0 Å². The smallest absolute Gasteiger partial charge is 0.161 e. The van der Waals surface area contributed by atoms with Crippen LogP contribution >= 0.6 is 0 Å². The minimum absolute atomic E-state index is 0.409. The largest absolute Gasteiger partial charge is 0.489 e. The molecule has 130 valence electrons. The Morgan fingerprint density at radius 3 is 2.04 bits per heavy atom. The van der Waals surface area contributed by atoms with Gasteiger partial charge in [-0.1, -0.05) is 40.7 Å². The monoisotopic (exact) mass is 320 g/mol. The Morgan fingerprint density at radius 2 is 1.52 bits per heavy atom. The molecule has 0 aliphatic carbocycles. The van der Waals surface area contributed by atoms with E-state index in [2.05, 4.69) is 59.7 Å². The average molecular weight is 320 g/mol. The molecule has 3 heteroatoms. The van der Waals surface area contributed by atoms with E-state index in [4.69, 9.17) is 14.2 Å². The molecule has 0 amide bonds. The maximum atomic E-state index is 5.99. The zero-order valence-electron chi connectivity index (χ0n) is 15.5. The molecule has 1 aliphatic heterocycles. The lowest BCUT2D eigenvalue weighted by atomic mass is 9.96. The molecule has 3 atom stereocenters. The zero-order valence-corrected chi connectivity index (χ0v) is 15.5. The molecule has 1 fully saturated rings. The fraction of sp³-hybridized carbons (Fsp3) is 0.700. The molecular weight excluding hydrogens is 288 g/mol. The second-order valence-corrected chi connectivity index (χ2v) is 7.68. The first-order valence-corrected chi connectivity index (χ1v) is 8.90. The summed E-state index contributed by atoms with van der Waals surface area (Å²) in [6.07, 6.45) is 1.83. The van der Waals surface area contributed by atoms with Crippen molar-refractivity contribution in [3.63, 3.8) is 0 Å².